The number of nitrogens with zero attached hydrogens (tertiary/aromatic N) is 1. The third kappa shape index (κ3) is 4.19. The minimum Gasteiger partial charge on any atom is -0.404 e. The molecule has 7 heteroatoms. The van der Waals surface area contributed by atoms with Crippen molar-refractivity contribution in [2.45, 2.75) is 6.18 Å². The molecule has 0 aromatic rings. The molecule has 0 fully saturated rings. The molecule has 0 unspecified atom stereocenters. The molecule has 0 aromatic heterocycles. The molecule has 0 radical (unpaired) electrons. The van der Waals surface area contributed by atoms with Crippen LogP contribution in [0.25, 0.3) is 0 Å². The monoisotopic (exact) mass is 232 g/mol. The predicted molar refractivity (Wildman–Crippen MR) is 46.6 cm³/mol. The Labute approximate surface area is 82.5 Å². The molecule has 0 heterocycles. The Morgan fingerprint density at radius 3 is 2.08 bits per heavy atom. The Bertz CT molecular complexity index is 268. The summed E-state index contributed by atoms with van der Waals surface area (Å²) in [7, 11) is 0. The molecule has 0 atom stereocenters. The van der Waals surface area contributed by atoms with Gasteiger partial charge >= 0.3 is 6.18 Å². The minimum atomic E-state index is -4.65. The Morgan fingerprint density at radius 1 is 1.38 bits per heavy atom. The van der Waals surface area contributed by atoms with Crippen LogP contribution in [0.1, 0.15) is 0 Å². The summed E-state index contributed by atoms with van der Waals surface area (Å²) in [6.07, 6.45) is -4.34. The lowest BCUT2D eigenvalue weighted by Gasteiger charge is -2.08. The largest absolute Gasteiger partial charge is 0.420 e. The second-order valence-corrected chi connectivity index (χ2v) is 2.65. The van der Waals surface area contributed by atoms with Gasteiger partial charge in [0, 0.05) is 6.20 Å². The molecule has 2 nitrogen and oxygen atoms in total. The molecule has 0 aliphatic rings. The van der Waals surface area contributed by atoms with Gasteiger partial charge in [-0.1, -0.05) is 29.8 Å². The van der Waals surface area contributed by atoms with Crippen molar-refractivity contribution in [3.8, 4) is 0 Å². The summed E-state index contributed by atoms with van der Waals surface area (Å²) in [5, 5.41) is -1.19. The van der Waals surface area contributed by atoms with Crippen LogP contribution in [-0.4, -0.2) is 11.3 Å². The number of rotatable bonds is 2. The molecule has 0 rings (SSSR count). The lowest BCUT2D eigenvalue weighted by molar-refractivity contribution is -0.0859. The van der Waals surface area contributed by atoms with E-state index in [1.807, 2.05) is 0 Å². The van der Waals surface area contributed by atoms with Gasteiger partial charge in [0.15, 0.2) is 0 Å². The quantitative estimate of drug-likeness (QED) is 0.577. The fourth-order valence-corrected chi connectivity index (χ4v) is 0.847. The number of hydrogen-bond acceptors (Lipinski definition) is 2. The zero-order valence-corrected chi connectivity index (χ0v) is 7.71. The van der Waals surface area contributed by atoms with Crippen LogP contribution >= 0.6 is 23.2 Å². The van der Waals surface area contributed by atoms with Crippen LogP contribution in [0.3, 0.4) is 0 Å². The van der Waals surface area contributed by atoms with Gasteiger partial charge in [0.2, 0.25) is 0 Å². The molecule has 0 saturated carbocycles. The number of halogens is 5. The van der Waals surface area contributed by atoms with E-state index in [2.05, 4.69) is 11.6 Å². The summed E-state index contributed by atoms with van der Waals surface area (Å²) in [6, 6.07) is 0. The average Bonchev–Trinajstić information content (AvgIpc) is 1.82. The maximum atomic E-state index is 12.0. The number of nitrogens with two attached hydrogens (primary N) is 1. The van der Waals surface area contributed by atoms with Gasteiger partial charge in [-0.3, -0.25) is 0 Å². The van der Waals surface area contributed by atoms with E-state index in [-0.39, 0.29) is 5.16 Å². The van der Waals surface area contributed by atoms with Crippen LogP contribution in [0.2, 0.25) is 0 Å². The second kappa shape index (κ2) is 4.53. The molecule has 0 amide bonds. The van der Waals surface area contributed by atoms with E-state index in [9.17, 15) is 13.2 Å². The van der Waals surface area contributed by atoms with Crippen LogP contribution < -0.4 is 5.73 Å². The zero-order chi connectivity index (χ0) is 10.6. The van der Waals surface area contributed by atoms with E-state index in [1.54, 1.807) is 0 Å². The summed E-state index contributed by atoms with van der Waals surface area (Å²) in [5.74, 6) is 0. The minimum absolute atomic E-state index is 0.311. The van der Waals surface area contributed by atoms with Crippen molar-refractivity contribution in [2.75, 3.05) is 0 Å². The first-order chi connectivity index (χ1) is 5.79. The molecule has 0 bridgehead atoms. The van der Waals surface area contributed by atoms with Gasteiger partial charge in [0.25, 0.3) is 0 Å². The second-order valence-electron chi connectivity index (χ2n) is 1.86. The van der Waals surface area contributed by atoms with Gasteiger partial charge in [-0.05, 0) is 0 Å². The summed E-state index contributed by atoms with van der Waals surface area (Å²) < 4.78 is 36.1. The SMILES string of the molecule is C=C(Cl)/N=C(Cl)\C(=C/N)C(F)(F)F. The van der Waals surface area contributed by atoms with Crippen molar-refractivity contribution < 1.29 is 13.2 Å². The van der Waals surface area contributed by atoms with Crippen LogP contribution in [0, 0.1) is 0 Å². The summed E-state index contributed by atoms with van der Waals surface area (Å²) >= 11 is 10.3. The molecule has 0 aliphatic heterocycles. The Balaban J connectivity index is 4.94. The van der Waals surface area contributed by atoms with Gasteiger partial charge in [0.1, 0.15) is 15.9 Å². The first-order valence-electron chi connectivity index (χ1n) is 2.87. The molecule has 0 saturated heterocycles. The third-order valence-electron chi connectivity index (χ3n) is 0.914. The van der Waals surface area contributed by atoms with Gasteiger partial charge in [0.05, 0.1) is 0 Å². The number of hydrogen-bond donors (Lipinski definition) is 1. The highest BCUT2D eigenvalue weighted by molar-refractivity contribution is 6.70. The first kappa shape index (κ1) is 12.3. The molecular formula is C6H5Cl2F3N2. The van der Waals surface area contributed by atoms with E-state index in [4.69, 9.17) is 28.9 Å². The van der Waals surface area contributed by atoms with Crippen LogP contribution in [0.15, 0.2) is 28.5 Å². The number of allylic oxidation sites excluding steroid dienone is 1. The Hall–Kier alpha value is -0.680. The topological polar surface area (TPSA) is 38.4 Å². The molecule has 2 N–H and O–H groups in total. The normalized spacial score (nSPS) is 14.5. The lowest BCUT2D eigenvalue weighted by Crippen LogP contribution is -2.18. The summed E-state index contributed by atoms with van der Waals surface area (Å²) in [4.78, 5) is 3.10. The van der Waals surface area contributed by atoms with Crippen LogP contribution in [0.5, 0.6) is 0 Å². The first-order valence-corrected chi connectivity index (χ1v) is 3.62. The van der Waals surface area contributed by atoms with Crippen LogP contribution in [0.4, 0.5) is 13.2 Å². The van der Waals surface area contributed by atoms with Crippen LogP contribution in [-0.2, 0) is 0 Å². The van der Waals surface area contributed by atoms with Crippen molar-refractivity contribution in [2.24, 2.45) is 10.7 Å². The highest BCUT2D eigenvalue weighted by Crippen LogP contribution is 2.27. The smallest absolute Gasteiger partial charge is 0.404 e. The fraction of sp³-hybridized carbons (Fsp3) is 0.167. The van der Waals surface area contributed by atoms with E-state index < -0.39 is 16.9 Å². The van der Waals surface area contributed by atoms with Crippen molar-refractivity contribution >= 4 is 28.4 Å². The van der Waals surface area contributed by atoms with Crippen molar-refractivity contribution in [3.05, 3.63) is 23.5 Å². The molecule has 0 spiro atoms. The van der Waals surface area contributed by atoms with Crippen molar-refractivity contribution in [1.29, 1.82) is 0 Å². The van der Waals surface area contributed by atoms with Gasteiger partial charge in [-0.2, -0.15) is 13.2 Å². The van der Waals surface area contributed by atoms with Crippen molar-refractivity contribution in [1.82, 2.24) is 0 Å². The molecule has 0 aliphatic carbocycles. The fourth-order valence-electron chi connectivity index (χ4n) is 0.447. The van der Waals surface area contributed by atoms with Gasteiger partial charge < -0.3 is 5.73 Å². The highest BCUT2D eigenvalue weighted by Gasteiger charge is 2.36. The maximum absolute atomic E-state index is 12.0. The standard InChI is InChI=1S/C6H5Cl2F3N2/c1-3(7)13-5(8)4(2-12)6(9,10)11/h2H,1,12H2/b4-2+,13-5+. The zero-order valence-electron chi connectivity index (χ0n) is 6.20. The molecule has 74 valence electrons. The van der Waals surface area contributed by atoms with E-state index >= 15 is 0 Å². The lowest BCUT2D eigenvalue weighted by atomic mass is 10.3. The van der Waals surface area contributed by atoms with E-state index in [1.165, 1.54) is 0 Å². The highest BCUT2D eigenvalue weighted by atomic mass is 35.5. The maximum Gasteiger partial charge on any atom is 0.420 e. The molecular weight excluding hydrogens is 228 g/mol. The van der Waals surface area contributed by atoms with Gasteiger partial charge in [-0.25, -0.2) is 4.99 Å². The van der Waals surface area contributed by atoms with Gasteiger partial charge in [-0.15, -0.1) is 0 Å². The Morgan fingerprint density at radius 2 is 1.85 bits per heavy atom. The van der Waals surface area contributed by atoms with Crippen molar-refractivity contribution in [3.63, 3.8) is 0 Å². The average molecular weight is 233 g/mol. The third-order valence-corrected chi connectivity index (χ3v) is 1.29. The van der Waals surface area contributed by atoms with E-state index in [0.717, 1.165) is 0 Å². The van der Waals surface area contributed by atoms with E-state index in [0.29, 0.717) is 6.20 Å². The molecule has 0 aromatic carbocycles. The summed E-state index contributed by atoms with van der Waals surface area (Å²) in [6.45, 7) is 3.05. The Kier molecular flexibility index (Phi) is 4.29. The number of aliphatic imine (C=N–C) groups is 1. The summed E-state index contributed by atoms with van der Waals surface area (Å²) in [5.41, 5.74) is 3.46. The number of alkyl halides is 3. The molecule has 13 heavy (non-hydrogen) atoms. The predicted octanol–water partition coefficient (Wildman–Crippen LogP) is 2.74.